The number of carbonyl (C=O) groups is 1. The summed E-state index contributed by atoms with van der Waals surface area (Å²) in [5.74, 6) is -1.00. The first-order chi connectivity index (χ1) is 9.25. The van der Waals surface area contributed by atoms with E-state index >= 15 is 0 Å². The molecule has 0 saturated carbocycles. The van der Waals surface area contributed by atoms with Gasteiger partial charge in [0.2, 0.25) is 0 Å². The Morgan fingerprint density at radius 2 is 1.68 bits per heavy atom. The van der Waals surface area contributed by atoms with E-state index in [1.54, 1.807) is 0 Å². The Bertz CT molecular complexity index is 700. The number of benzene rings is 2. The molecule has 0 atom stereocenters. The van der Waals surface area contributed by atoms with Crippen molar-refractivity contribution in [1.29, 1.82) is 0 Å². The van der Waals surface area contributed by atoms with Gasteiger partial charge in [-0.3, -0.25) is 0 Å². The third-order valence-electron chi connectivity index (χ3n) is 2.99. The van der Waals surface area contributed by atoms with Crippen LogP contribution in [0.1, 0.15) is 11.1 Å². The third kappa shape index (κ3) is 2.06. The van der Waals surface area contributed by atoms with Crippen LogP contribution in [0.2, 0.25) is 0 Å². The van der Waals surface area contributed by atoms with E-state index in [0.717, 1.165) is 11.1 Å². The molecule has 0 unspecified atom stereocenters. The largest absolute Gasteiger partial charge is 0.476 e. The number of hydrogen-bond acceptors (Lipinski definition) is 2. The SMILES string of the molecule is O=C(O)C1=Nc2ccccc2C1=Cc1ccccc1. The van der Waals surface area contributed by atoms with E-state index in [-0.39, 0.29) is 5.71 Å². The molecular formula is C16H11NO2. The van der Waals surface area contributed by atoms with E-state index in [4.69, 9.17) is 0 Å². The minimum atomic E-state index is -1.00. The normalized spacial score (nSPS) is 15.2. The maximum Gasteiger partial charge on any atom is 0.355 e. The molecule has 1 N–H and O–H groups in total. The number of aliphatic carboxylic acids is 1. The standard InChI is InChI=1S/C16H11NO2/c18-16(19)15-13(10-11-6-2-1-3-7-11)12-8-4-5-9-14(12)17-15/h1-10H,(H,18,19). The molecule has 1 aliphatic rings. The van der Waals surface area contributed by atoms with Crippen LogP contribution in [0.5, 0.6) is 0 Å². The molecule has 0 aromatic heterocycles. The van der Waals surface area contributed by atoms with Gasteiger partial charge in [-0.05, 0) is 17.7 Å². The molecule has 1 heterocycles. The van der Waals surface area contributed by atoms with E-state index in [9.17, 15) is 9.90 Å². The first-order valence-electron chi connectivity index (χ1n) is 5.94. The molecule has 0 fully saturated rings. The average Bonchev–Trinajstić information content (AvgIpc) is 2.79. The van der Waals surface area contributed by atoms with Crippen molar-refractivity contribution >= 4 is 29.0 Å². The first-order valence-corrected chi connectivity index (χ1v) is 5.94. The summed E-state index contributed by atoms with van der Waals surface area (Å²) >= 11 is 0. The van der Waals surface area contributed by atoms with Gasteiger partial charge in [-0.1, -0.05) is 48.5 Å². The van der Waals surface area contributed by atoms with E-state index in [1.165, 1.54) is 0 Å². The fraction of sp³-hybridized carbons (Fsp3) is 0. The van der Waals surface area contributed by atoms with Crippen LogP contribution in [0.3, 0.4) is 0 Å². The fourth-order valence-corrected chi connectivity index (χ4v) is 2.13. The van der Waals surface area contributed by atoms with Gasteiger partial charge >= 0.3 is 5.97 Å². The molecular weight excluding hydrogens is 238 g/mol. The van der Waals surface area contributed by atoms with E-state index in [2.05, 4.69) is 4.99 Å². The van der Waals surface area contributed by atoms with Crippen molar-refractivity contribution in [1.82, 2.24) is 0 Å². The van der Waals surface area contributed by atoms with E-state index in [0.29, 0.717) is 11.3 Å². The monoisotopic (exact) mass is 249 g/mol. The lowest BCUT2D eigenvalue weighted by molar-refractivity contribution is -0.129. The molecule has 3 nitrogen and oxygen atoms in total. The third-order valence-corrected chi connectivity index (χ3v) is 2.99. The molecule has 0 bridgehead atoms. The quantitative estimate of drug-likeness (QED) is 0.886. The van der Waals surface area contributed by atoms with Crippen LogP contribution < -0.4 is 0 Å². The number of carboxylic acid groups (broad SMARTS) is 1. The van der Waals surface area contributed by atoms with Gasteiger partial charge in [-0.25, -0.2) is 9.79 Å². The van der Waals surface area contributed by atoms with Crippen LogP contribution in [-0.2, 0) is 4.79 Å². The lowest BCUT2D eigenvalue weighted by Gasteiger charge is -2.02. The Morgan fingerprint density at radius 1 is 1.00 bits per heavy atom. The summed E-state index contributed by atoms with van der Waals surface area (Å²) in [6, 6.07) is 17.1. The highest BCUT2D eigenvalue weighted by atomic mass is 16.4. The molecule has 0 amide bonds. The van der Waals surface area contributed by atoms with Crippen molar-refractivity contribution in [2.45, 2.75) is 0 Å². The second-order valence-electron chi connectivity index (χ2n) is 4.25. The molecule has 2 aromatic carbocycles. The number of nitrogens with zero attached hydrogens (tertiary/aromatic N) is 1. The van der Waals surface area contributed by atoms with Crippen molar-refractivity contribution in [2.24, 2.45) is 4.99 Å². The number of rotatable bonds is 2. The second kappa shape index (κ2) is 4.53. The predicted molar refractivity (Wildman–Crippen MR) is 75.5 cm³/mol. The molecule has 2 aromatic rings. The summed E-state index contributed by atoms with van der Waals surface area (Å²) in [4.78, 5) is 15.5. The zero-order valence-electron chi connectivity index (χ0n) is 10.1. The Hall–Kier alpha value is -2.68. The minimum absolute atomic E-state index is 0.102. The number of aliphatic imine (C=N–C) groups is 1. The van der Waals surface area contributed by atoms with E-state index in [1.807, 2.05) is 60.7 Å². The minimum Gasteiger partial charge on any atom is -0.476 e. The molecule has 0 aliphatic carbocycles. The van der Waals surface area contributed by atoms with Gasteiger partial charge in [0.05, 0.1) is 5.69 Å². The Morgan fingerprint density at radius 3 is 2.42 bits per heavy atom. The van der Waals surface area contributed by atoms with Gasteiger partial charge in [0.1, 0.15) is 0 Å². The van der Waals surface area contributed by atoms with E-state index < -0.39 is 5.97 Å². The molecule has 0 radical (unpaired) electrons. The Balaban J connectivity index is 2.16. The smallest absolute Gasteiger partial charge is 0.355 e. The van der Waals surface area contributed by atoms with Crippen LogP contribution in [0.25, 0.3) is 11.6 Å². The number of carboxylic acids is 1. The number of hydrogen-bond donors (Lipinski definition) is 1. The Labute approximate surface area is 110 Å². The zero-order valence-corrected chi connectivity index (χ0v) is 10.1. The summed E-state index contributed by atoms with van der Waals surface area (Å²) in [7, 11) is 0. The van der Waals surface area contributed by atoms with Crippen LogP contribution in [0, 0.1) is 0 Å². The van der Waals surface area contributed by atoms with Gasteiger partial charge in [0.25, 0.3) is 0 Å². The highest BCUT2D eigenvalue weighted by Crippen LogP contribution is 2.35. The average molecular weight is 249 g/mol. The lowest BCUT2D eigenvalue weighted by atomic mass is 10.00. The van der Waals surface area contributed by atoms with Crippen LogP contribution in [0.15, 0.2) is 59.6 Å². The fourth-order valence-electron chi connectivity index (χ4n) is 2.13. The summed E-state index contributed by atoms with van der Waals surface area (Å²) in [6.07, 6.45) is 1.86. The second-order valence-corrected chi connectivity index (χ2v) is 4.25. The van der Waals surface area contributed by atoms with Crippen LogP contribution in [-0.4, -0.2) is 16.8 Å². The number of para-hydroxylation sites is 1. The van der Waals surface area contributed by atoms with Crippen molar-refractivity contribution < 1.29 is 9.90 Å². The zero-order chi connectivity index (χ0) is 13.2. The molecule has 0 spiro atoms. The maximum absolute atomic E-state index is 11.3. The Kier molecular flexibility index (Phi) is 2.72. The summed E-state index contributed by atoms with van der Waals surface area (Å²) in [6.45, 7) is 0. The number of fused-ring (bicyclic) bond motifs is 1. The lowest BCUT2D eigenvalue weighted by Crippen LogP contribution is -2.11. The topological polar surface area (TPSA) is 49.7 Å². The van der Waals surface area contributed by atoms with Gasteiger partial charge in [0.15, 0.2) is 5.71 Å². The summed E-state index contributed by atoms with van der Waals surface area (Å²) < 4.78 is 0. The van der Waals surface area contributed by atoms with Crippen molar-refractivity contribution in [3.05, 3.63) is 65.7 Å². The molecule has 92 valence electrons. The van der Waals surface area contributed by atoms with Crippen LogP contribution >= 0.6 is 0 Å². The maximum atomic E-state index is 11.3. The molecule has 3 rings (SSSR count). The molecule has 0 saturated heterocycles. The predicted octanol–water partition coefficient (Wildman–Crippen LogP) is 3.40. The first kappa shape index (κ1) is 11.4. The van der Waals surface area contributed by atoms with Crippen LogP contribution in [0.4, 0.5) is 5.69 Å². The van der Waals surface area contributed by atoms with Gasteiger partial charge in [-0.15, -0.1) is 0 Å². The van der Waals surface area contributed by atoms with Gasteiger partial charge in [0, 0.05) is 11.1 Å². The highest BCUT2D eigenvalue weighted by Gasteiger charge is 2.25. The van der Waals surface area contributed by atoms with Gasteiger partial charge < -0.3 is 5.11 Å². The molecule has 19 heavy (non-hydrogen) atoms. The van der Waals surface area contributed by atoms with Crippen molar-refractivity contribution in [2.75, 3.05) is 0 Å². The van der Waals surface area contributed by atoms with Crippen molar-refractivity contribution in [3.63, 3.8) is 0 Å². The molecule has 1 aliphatic heterocycles. The summed E-state index contributed by atoms with van der Waals surface area (Å²) in [5, 5.41) is 9.26. The summed E-state index contributed by atoms with van der Waals surface area (Å²) in [5.41, 5.74) is 3.30. The highest BCUT2D eigenvalue weighted by molar-refractivity contribution is 6.57. The van der Waals surface area contributed by atoms with Gasteiger partial charge in [-0.2, -0.15) is 0 Å². The molecule has 3 heteroatoms. The van der Waals surface area contributed by atoms with Crippen molar-refractivity contribution in [3.8, 4) is 0 Å².